The zero-order valence-electron chi connectivity index (χ0n) is 16.0. The molecule has 1 atom stereocenters. The largest absolute Gasteiger partial charge is 0.450 e. The molecular formula is C21H27N3O3. The summed E-state index contributed by atoms with van der Waals surface area (Å²) >= 11 is 0. The van der Waals surface area contributed by atoms with Gasteiger partial charge in [0.2, 0.25) is 5.91 Å². The van der Waals surface area contributed by atoms with Crippen LogP contribution in [-0.4, -0.2) is 61.1 Å². The lowest BCUT2D eigenvalue weighted by atomic mass is 10.0. The quantitative estimate of drug-likeness (QED) is 0.880. The summed E-state index contributed by atoms with van der Waals surface area (Å²) in [6.07, 6.45) is -0.272. The van der Waals surface area contributed by atoms with Crippen molar-refractivity contribution in [1.29, 1.82) is 0 Å². The van der Waals surface area contributed by atoms with Gasteiger partial charge in [0.05, 0.1) is 19.2 Å². The second-order valence-electron chi connectivity index (χ2n) is 6.86. The Morgan fingerprint density at radius 2 is 1.78 bits per heavy atom. The minimum Gasteiger partial charge on any atom is -0.450 e. The predicted molar refractivity (Wildman–Crippen MR) is 106 cm³/mol. The second-order valence-corrected chi connectivity index (χ2v) is 6.86. The Morgan fingerprint density at radius 1 is 1.07 bits per heavy atom. The summed E-state index contributed by atoms with van der Waals surface area (Å²) in [5, 5.41) is 5.44. The lowest BCUT2D eigenvalue weighted by Gasteiger charge is -2.33. The molecule has 1 fully saturated rings. The van der Waals surface area contributed by atoms with E-state index in [4.69, 9.17) is 4.74 Å². The molecule has 2 aromatic rings. The first kappa shape index (κ1) is 19.2. The minimum absolute atomic E-state index is 0.000225. The molecule has 1 aliphatic heterocycles. The van der Waals surface area contributed by atoms with Crippen molar-refractivity contribution in [1.82, 2.24) is 15.1 Å². The zero-order chi connectivity index (χ0) is 19.2. The Balaban J connectivity index is 1.49. The molecular weight excluding hydrogens is 342 g/mol. The van der Waals surface area contributed by atoms with Crippen molar-refractivity contribution in [2.75, 3.05) is 39.3 Å². The SMILES string of the molecule is CCOC(=O)N1CCN(CC(=O)N[C@@H](C)c2ccc3ccccc3c2)CC1. The molecule has 0 aromatic heterocycles. The van der Waals surface area contributed by atoms with Crippen LogP contribution in [0.15, 0.2) is 42.5 Å². The number of nitrogens with one attached hydrogen (secondary N) is 1. The summed E-state index contributed by atoms with van der Waals surface area (Å²) in [4.78, 5) is 27.9. The molecule has 2 amide bonds. The molecule has 2 aromatic carbocycles. The monoisotopic (exact) mass is 369 g/mol. The number of hydrogen-bond acceptors (Lipinski definition) is 4. The maximum absolute atomic E-state index is 12.4. The van der Waals surface area contributed by atoms with E-state index in [-0.39, 0.29) is 18.0 Å². The third-order valence-corrected chi connectivity index (χ3v) is 4.92. The van der Waals surface area contributed by atoms with E-state index in [0.717, 1.165) is 5.56 Å². The fourth-order valence-electron chi connectivity index (χ4n) is 3.35. The van der Waals surface area contributed by atoms with Gasteiger partial charge < -0.3 is 15.0 Å². The Labute approximate surface area is 160 Å². The van der Waals surface area contributed by atoms with Crippen LogP contribution in [0.5, 0.6) is 0 Å². The fourth-order valence-corrected chi connectivity index (χ4v) is 3.35. The summed E-state index contributed by atoms with van der Waals surface area (Å²) in [6.45, 7) is 7.06. The fraction of sp³-hybridized carbons (Fsp3) is 0.429. The third kappa shape index (κ3) is 4.98. The number of fused-ring (bicyclic) bond motifs is 1. The molecule has 1 heterocycles. The van der Waals surface area contributed by atoms with Crippen molar-refractivity contribution < 1.29 is 14.3 Å². The van der Waals surface area contributed by atoms with Gasteiger partial charge in [0.25, 0.3) is 0 Å². The highest BCUT2D eigenvalue weighted by Crippen LogP contribution is 2.20. The van der Waals surface area contributed by atoms with Gasteiger partial charge in [-0.2, -0.15) is 0 Å². The number of carbonyl (C=O) groups is 2. The van der Waals surface area contributed by atoms with Gasteiger partial charge >= 0.3 is 6.09 Å². The minimum atomic E-state index is -0.272. The molecule has 3 rings (SSSR count). The van der Waals surface area contributed by atoms with E-state index in [1.165, 1.54) is 10.8 Å². The first-order valence-corrected chi connectivity index (χ1v) is 9.49. The first-order valence-electron chi connectivity index (χ1n) is 9.49. The van der Waals surface area contributed by atoms with Crippen LogP contribution in [0.4, 0.5) is 4.79 Å². The Bertz CT molecular complexity index is 800. The van der Waals surface area contributed by atoms with Gasteiger partial charge in [0, 0.05) is 26.2 Å². The van der Waals surface area contributed by atoms with E-state index >= 15 is 0 Å². The van der Waals surface area contributed by atoms with Gasteiger partial charge in [0.1, 0.15) is 0 Å². The van der Waals surface area contributed by atoms with Crippen molar-refractivity contribution in [2.45, 2.75) is 19.9 Å². The van der Waals surface area contributed by atoms with Crippen molar-refractivity contribution in [3.8, 4) is 0 Å². The highest BCUT2D eigenvalue weighted by Gasteiger charge is 2.23. The van der Waals surface area contributed by atoms with Gasteiger partial charge in [-0.15, -0.1) is 0 Å². The number of ether oxygens (including phenoxy) is 1. The smallest absolute Gasteiger partial charge is 0.409 e. The highest BCUT2D eigenvalue weighted by molar-refractivity contribution is 5.83. The Morgan fingerprint density at radius 3 is 2.48 bits per heavy atom. The van der Waals surface area contributed by atoms with E-state index < -0.39 is 0 Å². The summed E-state index contributed by atoms with van der Waals surface area (Å²) in [7, 11) is 0. The number of piperazine rings is 1. The number of carbonyl (C=O) groups excluding carboxylic acids is 2. The molecule has 0 unspecified atom stereocenters. The molecule has 0 aliphatic carbocycles. The number of benzene rings is 2. The average molecular weight is 369 g/mol. The lowest BCUT2D eigenvalue weighted by Crippen LogP contribution is -2.51. The lowest BCUT2D eigenvalue weighted by molar-refractivity contribution is -0.123. The molecule has 0 spiro atoms. The van der Waals surface area contributed by atoms with Crippen molar-refractivity contribution in [2.24, 2.45) is 0 Å². The molecule has 1 N–H and O–H groups in total. The standard InChI is InChI=1S/C21H27N3O3/c1-3-27-21(26)24-12-10-23(11-13-24)15-20(25)22-16(2)18-9-8-17-6-4-5-7-19(17)14-18/h4-9,14,16H,3,10-13,15H2,1-2H3,(H,22,25)/t16-/m0/s1. The number of nitrogens with zero attached hydrogens (tertiary/aromatic N) is 2. The maximum Gasteiger partial charge on any atom is 0.409 e. The van der Waals surface area contributed by atoms with Crippen LogP contribution < -0.4 is 5.32 Å². The third-order valence-electron chi connectivity index (χ3n) is 4.92. The number of amides is 2. The van der Waals surface area contributed by atoms with Crippen LogP contribution in [0.25, 0.3) is 10.8 Å². The van der Waals surface area contributed by atoms with Crippen LogP contribution in [0, 0.1) is 0 Å². The predicted octanol–water partition coefficient (Wildman–Crippen LogP) is 2.79. The summed E-state index contributed by atoms with van der Waals surface area (Å²) in [6, 6.07) is 14.4. The molecule has 27 heavy (non-hydrogen) atoms. The van der Waals surface area contributed by atoms with Crippen LogP contribution >= 0.6 is 0 Å². The van der Waals surface area contributed by atoms with Gasteiger partial charge in [-0.25, -0.2) is 4.79 Å². The van der Waals surface area contributed by atoms with Crippen LogP contribution in [0.2, 0.25) is 0 Å². The van der Waals surface area contributed by atoms with Gasteiger partial charge in [-0.3, -0.25) is 9.69 Å². The van der Waals surface area contributed by atoms with Crippen molar-refractivity contribution in [3.05, 3.63) is 48.0 Å². The normalized spacial score (nSPS) is 16.1. The summed E-state index contributed by atoms with van der Waals surface area (Å²) in [5.41, 5.74) is 1.09. The molecule has 1 saturated heterocycles. The van der Waals surface area contributed by atoms with E-state index in [1.807, 2.05) is 19.1 Å². The average Bonchev–Trinajstić information content (AvgIpc) is 2.68. The van der Waals surface area contributed by atoms with Gasteiger partial charge in [0.15, 0.2) is 0 Å². The van der Waals surface area contributed by atoms with Crippen LogP contribution in [0.1, 0.15) is 25.5 Å². The molecule has 144 valence electrons. The summed E-state index contributed by atoms with van der Waals surface area (Å²) in [5.74, 6) is 0.000225. The maximum atomic E-state index is 12.4. The number of rotatable bonds is 5. The van der Waals surface area contributed by atoms with Crippen molar-refractivity contribution in [3.63, 3.8) is 0 Å². The Kier molecular flexibility index (Phi) is 6.29. The van der Waals surface area contributed by atoms with Gasteiger partial charge in [-0.1, -0.05) is 36.4 Å². The van der Waals surface area contributed by atoms with E-state index in [1.54, 1.807) is 11.8 Å². The topological polar surface area (TPSA) is 61.9 Å². The van der Waals surface area contributed by atoms with Gasteiger partial charge in [-0.05, 0) is 36.2 Å². The van der Waals surface area contributed by atoms with Crippen LogP contribution in [0.3, 0.4) is 0 Å². The number of hydrogen-bond donors (Lipinski definition) is 1. The molecule has 1 aliphatic rings. The Hall–Kier alpha value is -2.60. The molecule has 6 heteroatoms. The molecule has 6 nitrogen and oxygen atoms in total. The highest BCUT2D eigenvalue weighted by atomic mass is 16.6. The van der Waals surface area contributed by atoms with Crippen molar-refractivity contribution >= 4 is 22.8 Å². The zero-order valence-corrected chi connectivity index (χ0v) is 16.0. The molecule has 0 bridgehead atoms. The van der Waals surface area contributed by atoms with E-state index in [0.29, 0.717) is 39.3 Å². The van der Waals surface area contributed by atoms with E-state index in [9.17, 15) is 9.59 Å². The summed E-state index contributed by atoms with van der Waals surface area (Å²) < 4.78 is 5.02. The second kappa shape index (κ2) is 8.86. The first-order chi connectivity index (χ1) is 13.1. The van der Waals surface area contributed by atoms with Crippen LogP contribution in [-0.2, 0) is 9.53 Å². The molecule has 0 saturated carbocycles. The van der Waals surface area contributed by atoms with E-state index in [2.05, 4.69) is 40.5 Å². The molecule has 0 radical (unpaired) electrons.